The van der Waals surface area contributed by atoms with Crippen molar-refractivity contribution in [2.75, 3.05) is 12.3 Å². The van der Waals surface area contributed by atoms with Crippen LogP contribution in [0.1, 0.15) is 116 Å². The van der Waals surface area contributed by atoms with E-state index in [1.807, 2.05) is 0 Å². The predicted octanol–water partition coefficient (Wildman–Crippen LogP) is 3.41. The molecule has 0 fully saturated rings. The number of hydrogen-bond donors (Lipinski definition) is 3. The topological polar surface area (TPSA) is 96.9 Å². The molecule has 0 heterocycles. The Morgan fingerprint density at radius 2 is 1.10 bits per heavy atom. The van der Waals surface area contributed by atoms with Crippen molar-refractivity contribution in [3.8, 4) is 0 Å². The molecular formula is C23H46N2O3S. The standard InChI is InChI=1S/C23H46N2O3S/c24-19-16-14-12-10-8-6-4-2-1-3-5-7-9-11-13-15-17-22(26)25-21(18-20-29)23(27)28/h21,29H,1-20,24H2,(H,25,26)(H,27,28). The number of carbonyl (C=O) groups excluding carboxylic acids is 2. The number of thiol groups is 1. The van der Waals surface area contributed by atoms with E-state index in [1.54, 1.807) is 0 Å². The quantitative estimate of drug-likeness (QED) is 0.181. The summed E-state index contributed by atoms with van der Waals surface area (Å²) < 4.78 is 0. The average molecular weight is 431 g/mol. The number of carboxylic acid groups (broad SMARTS) is 1. The SMILES string of the molecule is [NH3+]CCCCCCCCCCCCCCCCCCC(=O)NC(CCS)C(=O)[O-]. The molecule has 4 N–H and O–H groups in total. The Balaban J connectivity index is 3.29. The van der Waals surface area contributed by atoms with Gasteiger partial charge in [-0.25, -0.2) is 0 Å². The highest BCUT2D eigenvalue weighted by atomic mass is 32.1. The molecule has 0 aliphatic rings. The van der Waals surface area contributed by atoms with Crippen molar-refractivity contribution in [1.82, 2.24) is 5.32 Å². The van der Waals surface area contributed by atoms with Crippen molar-refractivity contribution in [3.63, 3.8) is 0 Å². The van der Waals surface area contributed by atoms with Crippen LogP contribution in [-0.2, 0) is 9.59 Å². The van der Waals surface area contributed by atoms with E-state index in [2.05, 4.69) is 23.7 Å². The van der Waals surface area contributed by atoms with E-state index in [9.17, 15) is 14.7 Å². The Bertz CT molecular complexity index is 394. The largest absolute Gasteiger partial charge is 0.548 e. The van der Waals surface area contributed by atoms with Gasteiger partial charge in [-0.1, -0.05) is 83.5 Å². The second-order valence-corrected chi connectivity index (χ2v) is 8.66. The molecule has 0 aromatic rings. The third-order valence-corrected chi connectivity index (χ3v) is 5.70. The lowest BCUT2D eigenvalue weighted by Gasteiger charge is -2.18. The van der Waals surface area contributed by atoms with Crippen LogP contribution in [0.4, 0.5) is 0 Å². The molecule has 0 saturated carbocycles. The van der Waals surface area contributed by atoms with Crippen LogP contribution in [0.2, 0.25) is 0 Å². The highest BCUT2D eigenvalue weighted by molar-refractivity contribution is 7.80. The van der Waals surface area contributed by atoms with Crippen LogP contribution in [0.25, 0.3) is 0 Å². The Kier molecular flexibility index (Phi) is 21.4. The number of amides is 1. The lowest BCUT2D eigenvalue weighted by molar-refractivity contribution is -0.368. The summed E-state index contributed by atoms with van der Waals surface area (Å²) in [5.74, 6) is -1.01. The monoisotopic (exact) mass is 430 g/mol. The van der Waals surface area contributed by atoms with Crippen LogP contribution in [0.5, 0.6) is 0 Å². The Hall–Kier alpha value is -0.750. The Morgan fingerprint density at radius 3 is 1.45 bits per heavy atom. The summed E-state index contributed by atoms with van der Waals surface area (Å²) in [6.45, 7) is 1.08. The fourth-order valence-corrected chi connectivity index (χ4v) is 3.84. The fraction of sp³-hybridized carbons (Fsp3) is 0.913. The minimum atomic E-state index is -1.23. The first-order valence-corrected chi connectivity index (χ1v) is 12.7. The number of carboxylic acids is 1. The molecule has 5 nitrogen and oxygen atoms in total. The molecule has 1 atom stereocenters. The summed E-state index contributed by atoms with van der Waals surface area (Å²) in [7, 11) is 0. The molecule has 0 aromatic heterocycles. The van der Waals surface area contributed by atoms with E-state index in [-0.39, 0.29) is 5.91 Å². The number of carbonyl (C=O) groups is 2. The van der Waals surface area contributed by atoms with Gasteiger partial charge in [0.2, 0.25) is 5.91 Å². The van der Waals surface area contributed by atoms with Crippen LogP contribution >= 0.6 is 12.6 Å². The van der Waals surface area contributed by atoms with Gasteiger partial charge in [-0.3, -0.25) is 4.79 Å². The van der Waals surface area contributed by atoms with Crippen LogP contribution < -0.4 is 16.2 Å². The van der Waals surface area contributed by atoms with Gasteiger partial charge >= 0.3 is 0 Å². The highest BCUT2D eigenvalue weighted by Gasteiger charge is 2.12. The molecule has 0 bridgehead atoms. The minimum absolute atomic E-state index is 0.195. The molecule has 29 heavy (non-hydrogen) atoms. The second kappa shape index (κ2) is 21.9. The third kappa shape index (κ3) is 20.3. The molecule has 6 heteroatoms. The van der Waals surface area contributed by atoms with Gasteiger partial charge in [0.05, 0.1) is 18.6 Å². The minimum Gasteiger partial charge on any atom is -0.548 e. The van der Waals surface area contributed by atoms with Gasteiger partial charge in [-0.2, -0.15) is 12.6 Å². The van der Waals surface area contributed by atoms with E-state index >= 15 is 0 Å². The summed E-state index contributed by atoms with van der Waals surface area (Å²) in [5, 5.41) is 13.4. The van der Waals surface area contributed by atoms with Gasteiger partial charge in [0, 0.05) is 6.42 Å². The van der Waals surface area contributed by atoms with Crippen LogP contribution in [0.15, 0.2) is 0 Å². The maximum absolute atomic E-state index is 11.8. The van der Waals surface area contributed by atoms with Gasteiger partial charge in [-0.15, -0.1) is 0 Å². The van der Waals surface area contributed by atoms with Gasteiger partial charge in [-0.05, 0) is 31.4 Å². The molecule has 0 rings (SSSR count). The van der Waals surface area contributed by atoms with E-state index in [0.717, 1.165) is 25.8 Å². The summed E-state index contributed by atoms with van der Waals surface area (Å²) in [6, 6.07) is -0.913. The summed E-state index contributed by atoms with van der Waals surface area (Å²) >= 11 is 4.00. The Morgan fingerprint density at radius 1 is 0.724 bits per heavy atom. The van der Waals surface area contributed by atoms with E-state index in [0.29, 0.717) is 18.6 Å². The average Bonchev–Trinajstić information content (AvgIpc) is 2.70. The lowest BCUT2D eigenvalue weighted by atomic mass is 10.0. The van der Waals surface area contributed by atoms with Gasteiger partial charge < -0.3 is 21.0 Å². The van der Waals surface area contributed by atoms with E-state index in [1.165, 1.54) is 83.5 Å². The van der Waals surface area contributed by atoms with Crippen molar-refractivity contribution < 1.29 is 20.4 Å². The maximum atomic E-state index is 11.8. The molecule has 0 spiro atoms. The lowest BCUT2D eigenvalue weighted by Crippen LogP contribution is -2.50. The zero-order valence-electron chi connectivity index (χ0n) is 18.6. The van der Waals surface area contributed by atoms with Gasteiger partial charge in [0.15, 0.2) is 0 Å². The summed E-state index contributed by atoms with van der Waals surface area (Å²) in [4.78, 5) is 22.7. The smallest absolute Gasteiger partial charge is 0.220 e. The third-order valence-electron chi connectivity index (χ3n) is 5.44. The molecule has 0 aliphatic heterocycles. The van der Waals surface area contributed by atoms with E-state index in [4.69, 9.17) is 0 Å². The van der Waals surface area contributed by atoms with Crippen molar-refractivity contribution in [1.29, 1.82) is 0 Å². The highest BCUT2D eigenvalue weighted by Crippen LogP contribution is 2.14. The van der Waals surface area contributed by atoms with Gasteiger partial charge in [0.25, 0.3) is 0 Å². The Labute approximate surface area is 184 Å². The molecular weight excluding hydrogens is 384 g/mol. The molecule has 0 radical (unpaired) electrons. The second-order valence-electron chi connectivity index (χ2n) is 8.21. The molecule has 0 saturated heterocycles. The number of unbranched alkanes of at least 4 members (excludes halogenated alkanes) is 15. The van der Waals surface area contributed by atoms with Gasteiger partial charge in [0.1, 0.15) is 0 Å². The zero-order valence-corrected chi connectivity index (χ0v) is 19.5. The normalized spacial score (nSPS) is 12.1. The van der Waals surface area contributed by atoms with Crippen molar-refractivity contribution >= 4 is 24.5 Å². The summed E-state index contributed by atoms with van der Waals surface area (Å²) in [5.41, 5.74) is 3.88. The summed E-state index contributed by atoms with van der Waals surface area (Å²) in [6.07, 6.45) is 21.3. The molecule has 0 aromatic carbocycles. The van der Waals surface area contributed by atoms with Crippen LogP contribution in [-0.4, -0.2) is 30.2 Å². The number of aliphatic carboxylic acids is 1. The van der Waals surface area contributed by atoms with Crippen molar-refractivity contribution in [3.05, 3.63) is 0 Å². The number of hydrogen-bond acceptors (Lipinski definition) is 4. The predicted molar refractivity (Wildman–Crippen MR) is 122 cm³/mol. The molecule has 0 aliphatic carbocycles. The fourth-order valence-electron chi connectivity index (χ4n) is 3.58. The van der Waals surface area contributed by atoms with Crippen LogP contribution in [0.3, 0.4) is 0 Å². The van der Waals surface area contributed by atoms with Crippen molar-refractivity contribution in [2.45, 2.75) is 122 Å². The van der Waals surface area contributed by atoms with E-state index < -0.39 is 12.0 Å². The number of quaternary nitrogens is 1. The molecule has 1 unspecified atom stereocenters. The first-order valence-electron chi connectivity index (χ1n) is 12.0. The maximum Gasteiger partial charge on any atom is 0.220 e. The van der Waals surface area contributed by atoms with Crippen molar-refractivity contribution in [2.24, 2.45) is 0 Å². The number of nitrogens with one attached hydrogen (secondary N) is 1. The zero-order chi connectivity index (χ0) is 21.6. The number of rotatable bonds is 22. The molecule has 1 amide bonds. The first-order chi connectivity index (χ1) is 14.1. The molecule has 172 valence electrons. The van der Waals surface area contributed by atoms with Crippen LogP contribution in [0, 0.1) is 0 Å². The first kappa shape index (κ1) is 28.2.